The van der Waals surface area contributed by atoms with Crippen LogP contribution < -0.4 is 10.6 Å². The van der Waals surface area contributed by atoms with E-state index < -0.39 is 0 Å². The number of aromatic nitrogens is 3. The molecule has 3 aromatic rings. The number of allylic oxidation sites excluding steroid dienone is 1. The van der Waals surface area contributed by atoms with Gasteiger partial charge in [-0.05, 0) is 57.9 Å². The quantitative estimate of drug-likeness (QED) is 0.337. The van der Waals surface area contributed by atoms with Crippen molar-refractivity contribution in [2.45, 2.75) is 52.4 Å². The number of carbonyl (C=O) groups excluding carboxylic acids is 2. The van der Waals surface area contributed by atoms with E-state index in [1.807, 2.05) is 51.3 Å². The lowest BCUT2D eigenvalue weighted by Gasteiger charge is -2.15. The number of nitrogens with zero attached hydrogens (tertiary/aromatic N) is 3. The Kier molecular flexibility index (Phi) is 8.28. The lowest BCUT2D eigenvalue weighted by atomic mass is 10.1. The zero-order valence-electron chi connectivity index (χ0n) is 20.3. The molecule has 0 saturated carbocycles. The van der Waals surface area contributed by atoms with Crippen LogP contribution in [-0.2, 0) is 11.3 Å². The molecule has 3 rings (SSSR count). The molecule has 0 aliphatic heterocycles. The van der Waals surface area contributed by atoms with Crippen LogP contribution in [0.15, 0.2) is 54.2 Å². The minimum Gasteiger partial charge on any atom is -0.342 e. The minimum atomic E-state index is -0.373. The average molecular weight is 478 g/mol. The highest BCUT2D eigenvalue weighted by Crippen LogP contribution is 2.24. The van der Waals surface area contributed by atoms with E-state index in [1.54, 1.807) is 18.2 Å². The van der Waals surface area contributed by atoms with Crippen LogP contribution in [0.25, 0.3) is 0 Å². The zero-order valence-corrected chi connectivity index (χ0v) is 21.1. The molecule has 0 unspecified atom stereocenters. The third-order valence-electron chi connectivity index (χ3n) is 5.38. The highest BCUT2D eigenvalue weighted by molar-refractivity contribution is 7.99. The first-order valence-electron chi connectivity index (χ1n) is 11.1. The van der Waals surface area contributed by atoms with Crippen molar-refractivity contribution in [1.29, 1.82) is 0 Å². The summed E-state index contributed by atoms with van der Waals surface area (Å²) in [4.78, 5) is 25.3. The topological polar surface area (TPSA) is 88.9 Å². The normalized spacial score (nSPS) is 11.7. The summed E-state index contributed by atoms with van der Waals surface area (Å²) in [5.74, 6) is 0.494. The summed E-state index contributed by atoms with van der Waals surface area (Å²) in [6, 6.07) is 11.1. The van der Waals surface area contributed by atoms with Crippen molar-refractivity contribution < 1.29 is 9.59 Å². The van der Waals surface area contributed by atoms with Crippen molar-refractivity contribution in [3.63, 3.8) is 0 Å². The molecule has 0 fully saturated rings. The summed E-state index contributed by atoms with van der Waals surface area (Å²) < 4.78 is 1.87. The van der Waals surface area contributed by atoms with Crippen LogP contribution in [0.1, 0.15) is 51.4 Å². The number of hydrogen-bond donors (Lipinski definition) is 2. The lowest BCUT2D eigenvalue weighted by Crippen LogP contribution is -2.28. The smallest absolute Gasteiger partial charge is 0.251 e. The number of rotatable bonds is 9. The summed E-state index contributed by atoms with van der Waals surface area (Å²) >= 11 is 1.30. The summed E-state index contributed by atoms with van der Waals surface area (Å²) in [6.07, 6.45) is 1.74. The highest BCUT2D eigenvalue weighted by Gasteiger charge is 2.20. The predicted octanol–water partition coefficient (Wildman–Crippen LogP) is 4.92. The molecule has 2 N–H and O–H groups in total. The monoisotopic (exact) mass is 477 g/mol. The van der Waals surface area contributed by atoms with E-state index in [-0.39, 0.29) is 23.6 Å². The van der Waals surface area contributed by atoms with Crippen molar-refractivity contribution in [3.05, 3.63) is 82.7 Å². The van der Waals surface area contributed by atoms with Gasteiger partial charge in [0.2, 0.25) is 5.91 Å². The van der Waals surface area contributed by atoms with Crippen LogP contribution in [0.4, 0.5) is 5.69 Å². The second-order valence-electron chi connectivity index (χ2n) is 8.41. The minimum absolute atomic E-state index is 0.115. The van der Waals surface area contributed by atoms with E-state index in [4.69, 9.17) is 0 Å². The third-order valence-corrected chi connectivity index (χ3v) is 6.35. The second kappa shape index (κ2) is 11.2. The Balaban J connectivity index is 1.68. The molecule has 0 radical (unpaired) electrons. The second-order valence-corrected chi connectivity index (χ2v) is 9.35. The van der Waals surface area contributed by atoms with Crippen molar-refractivity contribution >= 4 is 29.3 Å². The van der Waals surface area contributed by atoms with Crippen molar-refractivity contribution in [1.82, 2.24) is 20.1 Å². The van der Waals surface area contributed by atoms with Crippen LogP contribution in [0.3, 0.4) is 0 Å². The molecule has 0 spiro atoms. The molecule has 0 aliphatic carbocycles. The van der Waals surface area contributed by atoms with E-state index in [0.29, 0.717) is 23.1 Å². The molecule has 1 atom stereocenters. The van der Waals surface area contributed by atoms with Crippen molar-refractivity contribution in [2.75, 3.05) is 11.1 Å². The number of amides is 2. The Bertz CT molecular complexity index is 1180. The largest absolute Gasteiger partial charge is 0.342 e. The maximum absolute atomic E-state index is 12.6. The van der Waals surface area contributed by atoms with Gasteiger partial charge in [0.15, 0.2) is 11.0 Å². The van der Waals surface area contributed by atoms with Gasteiger partial charge in [-0.2, -0.15) is 0 Å². The molecular weight excluding hydrogens is 446 g/mol. The Morgan fingerprint density at radius 2 is 1.71 bits per heavy atom. The lowest BCUT2D eigenvalue weighted by molar-refractivity contribution is -0.113. The number of thioether (sulfide) groups is 1. The summed E-state index contributed by atoms with van der Waals surface area (Å²) in [7, 11) is 0. The predicted molar refractivity (Wildman–Crippen MR) is 137 cm³/mol. The van der Waals surface area contributed by atoms with Gasteiger partial charge in [-0.3, -0.25) is 9.59 Å². The maximum Gasteiger partial charge on any atom is 0.251 e. The van der Waals surface area contributed by atoms with Crippen LogP contribution in [0.5, 0.6) is 0 Å². The standard InChI is InChI=1S/C26H31N5O2S/c1-7-12-31-24(20(6)27-25(33)21-10-8-16(2)9-11-21)29-30-26(31)34-15-22(32)28-23-18(4)13-17(3)14-19(23)5/h7-11,13-14,20H,1,12,15H2,2-6H3,(H,27,33)(H,28,32)/t20-/m1/s1. The molecule has 1 heterocycles. The molecule has 178 valence electrons. The Hall–Kier alpha value is -3.39. The molecule has 0 aliphatic rings. The molecule has 1 aromatic heterocycles. The molecule has 34 heavy (non-hydrogen) atoms. The number of aryl methyl sites for hydroxylation is 4. The van der Waals surface area contributed by atoms with Gasteiger partial charge in [-0.1, -0.05) is 53.2 Å². The first-order valence-corrected chi connectivity index (χ1v) is 12.1. The van der Waals surface area contributed by atoms with Gasteiger partial charge in [0.1, 0.15) is 0 Å². The van der Waals surface area contributed by atoms with E-state index in [1.165, 1.54) is 11.8 Å². The van der Waals surface area contributed by atoms with E-state index in [9.17, 15) is 9.59 Å². The summed E-state index contributed by atoms with van der Waals surface area (Å²) in [5.41, 5.74) is 5.75. The molecule has 2 amide bonds. The summed E-state index contributed by atoms with van der Waals surface area (Å²) in [5, 5.41) is 15.1. The van der Waals surface area contributed by atoms with Gasteiger partial charge >= 0.3 is 0 Å². The third kappa shape index (κ3) is 6.14. The van der Waals surface area contributed by atoms with Crippen LogP contribution in [-0.4, -0.2) is 32.3 Å². The fourth-order valence-corrected chi connectivity index (χ4v) is 4.51. The van der Waals surface area contributed by atoms with Crippen LogP contribution in [0.2, 0.25) is 0 Å². The Morgan fingerprint density at radius 1 is 1.06 bits per heavy atom. The van der Waals surface area contributed by atoms with Crippen LogP contribution >= 0.6 is 11.8 Å². The van der Waals surface area contributed by atoms with Gasteiger partial charge in [-0.15, -0.1) is 16.8 Å². The van der Waals surface area contributed by atoms with Crippen LogP contribution in [0, 0.1) is 27.7 Å². The number of anilines is 1. The maximum atomic E-state index is 12.6. The van der Waals surface area contributed by atoms with E-state index >= 15 is 0 Å². The molecule has 0 bridgehead atoms. The van der Waals surface area contributed by atoms with Gasteiger partial charge in [0.05, 0.1) is 11.8 Å². The fraction of sp³-hybridized carbons (Fsp3) is 0.308. The van der Waals surface area contributed by atoms with Gasteiger partial charge < -0.3 is 15.2 Å². The molecule has 8 heteroatoms. The number of nitrogens with one attached hydrogen (secondary N) is 2. The van der Waals surface area contributed by atoms with E-state index in [0.717, 1.165) is 27.9 Å². The SMILES string of the molecule is C=CCn1c(SCC(=O)Nc2c(C)cc(C)cc2C)nnc1[C@@H](C)NC(=O)c1ccc(C)cc1. The van der Waals surface area contributed by atoms with Gasteiger partial charge in [0, 0.05) is 17.8 Å². The molecule has 7 nitrogen and oxygen atoms in total. The number of benzene rings is 2. The van der Waals surface area contributed by atoms with Gasteiger partial charge in [-0.25, -0.2) is 0 Å². The molecule has 2 aromatic carbocycles. The first-order chi connectivity index (χ1) is 16.2. The summed E-state index contributed by atoms with van der Waals surface area (Å²) in [6.45, 7) is 14.1. The first kappa shape index (κ1) is 25.2. The zero-order chi connectivity index (χ0) is 24.8. The Labute approximate surface area is 205 Å². The van der Waals surface area contributed by atoms with E-state index in [2.05, 4.69) is 39.5 Å². The number of hydrogen-bond acceptors (Lipinski definition) is 5. The molecular formula is C26H31N5O2S. The highest BCUT2D eigenvalue weighted by atomic mass is 32.2. The van der Waals surface area contributed by atoms with Crippen molar-refractivity contribution in [3.8, 4) is 0 Å². The van der Waals surface area contributed by atoms with Crippen molar-refractivity contribution in [2.24, 2.45) is 0 Å². The number of carbonyl (C=O) groups is 2. The Morgan fingerprint density at radius 3 is 2.32 bits per heavy atom. The van der Waals surface area contributed by atoms with Gasteiger partial charge in [0.25, 0.3) is 5.91 Å². The fourth-order valence-electron chi connectivity index (χ4n) is 3.76. The average Bonchev–Trinajstić information content (AvgIpc) is 3.18. The molecule has 0 saturated heterocycles.